The van der Waals surface area contributed by atoms with Gasteiger partial charge in [0.2, 0.25) is 5.91 Å². The average Bonchev–Trinajstić information content (AvgIpc) is 2.37. The van der Waals surface area contributed by atoms with Crippen molar-refractivity contribution in [2.75, 3.05) is 13.7 Å². The van der Waals surface area contributed by atoms with Crippen LogP contribution in [0.4, 0.5) is 0 Å². The molecule has 0 heterocycles. The molecule has 1 aromatic rings. The number of hydrogen-bond donors (Lipinski definition) is 1. The third kappa shape index (κ3) is 5.45. The van der Waals surface area contributed by atoms with Gasteiger partial charge in [-0.15, -0.1) is 0 Å². The summed E-state index contributed by atoms with van der Waals surface area (Å²) in [6, 6.07) is 7.33. The van der Waals surface area contributed by atoms with Crippen LogP contribution in [0.25, 0.3) is 0 Å². The fourth-order valence-corrected chi connectivity index (χ4v) is 2.09. The lowest BCUT2D eigenvalue weighted by Gasteiger charge is -2.35. The zero-order valence-corrected chi connectivity index (χ0v) is 13.0. The van der Waals surface area contributed by atoms with Gasteiger partial charge in [-0.3, -0.25) is 9.59 Å². The van der Waals surface area contributed by atoms with Gasteiger partial charge >= 0.3 is 5.97 Å². The summed E-state index contributed by atoms with van der Waals surface area (Å²) >= 11 is 0. The second kappa shape index (κ2) is 7.11. The van der Waals surface area contributed by atoms with E-state index in [-0.39, 0.29) is 25.3 Å². The first-order valence-corrected chi connectivity index (χ1v) is 6.89. The number of rotatable bonds is 6. The maximum atomic E-state index is 12.5. The summed E-state index contributed by atoms with van der Waals surface area (Å²) in [5.41, 5.74) is 0.440. The van der Waals surface area contributed by atoms with Crippen molar-refractivity contribution in [2.45, 2.75) is 39.2 Å². The number of amides is 1. The van der Waals surface area contributed by atoms with E-state index in [4.69, 9.17) is 9.84 Å². The first-order valence-electron chi connectivity index (χ1n) is 6.89. The molecule has 1 rings (SSSR count). The Morgan fingerprint density at radius 3 is 2.48 bits per heavy atom. The van der Waals surface area contributed by atoms with Crippen molar-refractivity contribution in [1.29, 1.82) is 0 Å². The number of hydrogen-bond acceptors (Lipinski definition) is 3. The zero-order chi connectivity index (χ0) is 16.0. The van der Waals surface area contributed by atoms with E-state index in [2.05, 4.69) is 0 Å². The monoisotopic (exact) mass is 293 g/mol. The van der Waals surface area contributed by atoms with Gasteiger partial charge in [0.25, 0.3) is 0 Å². The first-order chi connectivity index (χ1) is 9.74. The second-order valence-electron chi connectivity index (χ2n) is 5.89. The van der Waals surface area contributed by atoms with Crippen LogP contribution in [0.5, 0.6) is 5.75 Å². The molecule has 0 bridgehead atoms. The fraction of sp³-hybridized carbons (Fsp3) is 0.500. The van der Waals surface area contributed by atoms with E-state index in [9.17, 15) is 9.59 Å². The van der Waals surface area contributed by atoms with Crippen molar-refractivity contribution in [3.8, 4) is 5.75 Å². The van der Waals surface area contributed by atoms with E-state index >= 15 is 0 Å². The molecule has 5 nitrogen and oxygen atoms in total. The normalized spacial score (nSPS) is 11.0. The minimum absolute atomic E-state index is 0.0544. The Balaban J connectivity index is 2.82. The Morgan fingerprint density at radius 2 is 1.95 bits per heavy atom. The zero-order valence-electron chi connectivity index (χ0n) is 13.0. The van der Waals surface area contributed by atoms with Gasteiger partial charge in [0.1, 0.15) is 5.75 Å². The lowest BCUT2D eigenvalue weighted by atomic mass is 10.0. The van der Waals surface area contributed by atoms with Crippen LogP contribution in [0.1, 0.15) is 32.8 Å². The molecule has 0 radical (unpaired) electrons. The Bertz CT molecular complexity index is 505. The minimum atomic E-state index is -0.904. The van der Waals surface area contributed by atoms with E-state index in [1.807, 2.05) is 45.0 Å². The number of carbonyl (C=O) groups excluding carboxylic acids is 1. The molecule has 21 heavy (non-hydrogen) atoms. The summed E-state index contributed by atoms with van der Waals surface area (Å²) < 4.78 is 5.14. The van der Waals surface area contributed by atoms with Gasteiger partial charge < -0.3 is 14.7 Å². The van der Waals surface area contributed by atoms with Crippen molar-refractivity contribution in [2.24, 2.45) is 0 Å². The van der Waals surface area contributed by atoms with E-state index in [1.54, 1.807) is 12.0 Å². The number of nitrogens with zero attached hydrogens (tertiary/aromatic N) is 1. The summed E-state index contributed by atoms with van der Waals surface area (Å²) in [6.07, 6.45) is 0.176. The Morgan fingerprint density at radius 1 is 1.29 bits per heavy atom. The van der Waals surface area contributed by atoms with Crippen LogP contribution in [0.3, 0.4) is 0 Å². The number of methoxy groups -OCH3 is 1. The molecule has 0 aliphatic heterocycles. The molecular weight excluding hydrogens is 270 g/mol. The summed E-state index contributed by atoms with van der Waals surface area (Å²) in [5, 5.41) is 8.81. The number of benzene rings is 1. The summed E-state index contributed by atoms with van der Waals surface area (Å²) in [7, 11) is 1.58. The van der Waals surface area contributed by atoms with Crippen molar-refractivity contribution in [3.63, 3.8) is 0 Å². The molecule has 5 heteroatoms. The predicted molar refractivity (Wildman–Crippen MR) is 80.4 cm³/mol. The van der Waals surface area contributed by atoms with Crippen LogP contribution < -0.4 is 4.74 Å². The smallest absolute Gasteiger partial charge is 0.305 e. The van der Waals surface area contributed by atoms with Gasteiger partial charge in [-0.05, 0) is 38.5 Å². The van der Waals surface area contributed by atoms with Crippen molar-refractivity contribution >= 4 is 11.9 Å². The molecule has 1 aromatic carbocycles. The highest BCUT2D eigenvalue weighted by Crippen LogP contribution is 2.18. The van der Waals surface area contributed by atoms with Gasteiger partial charge in [0.05, 0.1) is 20.0 Å². The van der Waals surface area contributed by atoms with E-state index < -0.39 is 11.5 Å². The van der Waals surface area contributed by atoms with Crippen molar-refractivity contribution in [1.82, 2.24) is 4.90 Å². The van der Waals surface area contributed by atoms with Crippen LogP contribution in [0.2, 0.25) is 0 Å². The second-order valence-corrected chi connectivity index (χ2v) is 5.89. The third-order valence-electron chi connectivity index (χ3n) is 3.15. The number of carboxylic acids is 1. The lowest BCUT2D eigenvalue weighted by molar-refractivity contribution is -0.140. The molecule has 1 amide bonds. The minimum Gasteiger partial charge on any atom is -0.497 e. The third-order valence-corrected chi connectivity index (χ3v) is 3.15. The molecule has 116 valence electrons. The van der Waals surface area contributed by atoms with Crippen LogP contribution in [-0.2, 0) is 16.0 Å². The quantitative estimate of drug-likeness (QED) is 0.874. The highest BCUT2D eigenvalue weighted by atomic mass is 16.5. The van der Waals surface area contributed by atoms with E-state index in [1.165, 1.54) is 0 Å². The molecule has 0 unspecified atom stereocenters. The molecule has 0 aromatic heterocycles. The molecule has 0 saturated heterocycles. The number of aliphatic carboxylic acids is 1. The van der Waals surface area contributed by atoms with Crippen molar-refractivity contribution < 1.29 is 19.4 Å². The highest BCUT2D eigenvalue weighted by Gasteiger charge is 2.26. The van der Waals surface area contributed by atoms with Crippen LogP contribution in [-0.4, -0.2) is 41.1 Å². The molecule has 1 N–H and O–H groups in total. The van der Waals surface area contributed by atoms with Gasteiger partial charge in [-0.1, -0.05) is 12.1 Å². The highest BCUT2D eigenvalue weighted by molar-refractivity contribution is 5.80. The maximum Gasteiger partial charge on any atom is 0.305 e. The predicted octanol–water partition coefficient (Wildman–Crippen LogP) is 2.34. The maximum absolute atomic E-state index is 12.5. The van der Waals surface area contributed by atoms with E-state index in [0.29, 0.717) is 5.75 Å². The molecular formula is C16H23NO4. The SMILES string of the molecule is COc1cccc(CC(=O)N(CCC(=O)O)C(C)(C)C)c1. The molecule has 0 atom stereocenters. The Hall–Kier alpha value is -2.04. The number of carboxylic acid groups (broad SMARTS) is 1. The average molecular weight is 293 g/mol. The summed E-state index contributed by atoms with van der Waals surface area (Å²) in [6.45, 7) is 5.91. The van der Waals surface area contributed by atoms with Crippen LogP contribution in [0.15, 0.2) is 24.3 Å². The van der Waals surface area contributed by atoms with Crippen LogP contribution >= 0.6 is 0 Å². The van der Waals surface area contributed by atoms with Crippen LogP contribution in [0, 0.1) is 0 Å². The Labute approximate surface area is 125 Å². The standard InChI is InChI=1S/C16H23NO4/c1-16(2,3)17(9-8-15(19)20)14(18)11-12-6-5-7-13(10-12)21-4/h5-7,10H,8-9,11H2,1-4H3,(H,19,20). The molecule has 0 fully saturated rings. The number of carbonyl (C=O) groups is 2. The van der Waals surface area contributed by atoms with Gasteiger partial charge in [-0.2, -0.15) is 0 Å². The Kier molecular flexibility index (Phi) is 5.76. The molecule has 0 spiro atoms. The molecule has 0 saturated carbocycles. The topological polar surface area (TPSA) is 66.8 Å². The summed E-state index contributed by atoms with van der Waals surface area (Å²) in [5.74, 6) is -0.288. The van der Waals surface area contributed by atoms with Gasteiger partial charge in [-0.25, -0.2) is 0 Å². The van der Waals surface area contributed by atoms with E-state index in [0.717, 1.165) is 5.56 Å². The number of ether oxygens (including phenoxy) is 1. The fourth-order valence-electron chi connectivity index (χ4n) is 2.09. The van der Waals surface area contributed by atoms with Gasteiger partial charge in [0, 0.05) is 12.1 Å². The lowest BCUT2D eigenvalue weighted by Crippen LogP contribution is -2.47. The summed E-state index contributed by atoms with van der Waals surface area (Å²) in [4.78, 5) is 24.8. The molecule has 0 aliphatic carbocycles. The first kappa shape index (κ1) is 17.0. The van der Waals surface area contributed by atoms with Gasteiger partial charge in [0.15, 0.2) is 0 Å². The van der Waals surface area contributed by atoms with Crippen molar-refractivity contribution in [3.05, 3.63) is 29.8 Å². The largest absolute Gasteiger partial charge is 0.497 e. The molecule has 0 aliphatic rings.